The number of aromatic nitrogens is 1. The van der Waals surface area contributed by atoms with Gasteiger partial charge in [0.05, 0.1) is 11.6 Å². The summed E-state index contributed by atoms with van der Waals surface area (Å²) in [5, 5.41) is 7.23. The summed E-state index contributed by atoms with van der Waals surface area (Å²) in [6.07, 6.45) is 1.88. The van der Waals surface area contributed by atoms with Crippen molar-refractivity contribution in [1.82, 2.24) is 4.98 Å². The fourth-order valence-corrected chi connectivity index (χ4v) is 2.47. The van der Waals surface area contributed by atoms with Gasteiger partial charge in [-0.1, -0.05) is 6.07 Å². The van der Waals surface area contributed by atoms with Crippen LogP contribution in [0.25, 0.3) is 0 Å². The third kappa shape index (κ3) is 3.79. The summed E-state index contributed by atoms with van der Waals surface area (Å²) in [5.74, 6) is -0.0571. The van der Waals surface area contributed by atoms with Crippen LogP contribution in [0.2, 0.25) is 0 Å². The molecule has 2 N–H and O–H groups in total. The van der Waals surface area contributed by atoms with E-state index in [0.717, 1.165) is 28.5 Å². The molecule has 19 heavy (non-hydrogen) atoms. The van der Waals surface area contributed by atoms with Crippen molar-refractivity contribution in [2.24, 2.45) is 0 Å². The molecule has 0 atom stereocenters. The normalized spacial score (nSPS) is 10.3. The van der Waals surface area contributed by atoms with E-state index in [1.165, 1.54) is 11.8 Å². The molecule has 1 aromatic heterocycles. The van der Waals surface area contributed by atoms with E-state index in [2.05, 4.69) is 15.6 Å². The second-order valence-electron chi connectivity index (χ2n) is 4.41. The molecule has 0 spiro atoms. The molecule has 2 aromatic rings. The molecule has 1 amide bonds. The molecule has 0 saturated carbocycles. The summed E-state index contributed by atoms with van der Waals surface area (Å²) in [4.78, 5) is 16.5. The van der Waals surface area contributed by atoms with Gasteiger partial charge in [-0.25, -0.2) is 4.98 Å². The van der Waals surface area contributed by atoms with Gasteiger partial charge in [-0.05, 0) is 31.5 Å². The number of carbonyl (C=O) groups excluding carboxylic acids is 1. The predicted molar refractivity (Wildman–Crippen MR) is 79.7 cm³/mol. The number of aryl methyl sites for hydroxylation is 2. The lowest BCUT2D eigenvalue weighted by Gasteiger charge is -2.10. The van der Waals surface area contributed by atoms with Gasteiger partial charge in [-0.15, -0.1) is 11.3 Å². The lowest BCUT2D eigenvalue weighted by Crippen LogP contribution is -2.08. The Morgan fingerprint density at radius 2 is 2.16 bits per heavy atom. The molecule has 0 unspecified atom stereocenters. The minimum absolute atomic E-state index is 0.0571. The number of thiazole rings is 1. The Bertz CT molecular complexity index is 592. The van der Waals surface area contributed by atoms with Gasteiger partial charge in [0.2, 0.25) is 5.91 Å². The van der Waals surface area contributed by atoms with Crippen molar-refractivity contribution < 1.29 is 4.79 Å². The maximum atomic E-state index is 11.1. The van der Waals surface area contributed by atoms with E-state index in [1.54, 1.807) is 11.3 Å². The molecular formula is C14H17N3OS. The van der Waals surface area contributed by atoms with Crippen LogP contribution in [0.5, 0.6) is 0 Å². The van der Waals surface area contributed by atoms with Crippen molar-refractivity contribution >= 4 is 28.6 Å². The smallest absolute Gasteiger partial charge is 0.221 e. The minimum atomic E-state index is -0.0571. The molecule has 0 aliphatic heterocycles. The van der Waals surface area contributed by atoms with Crippen LogP contribution < -0.4 is 10.6 Å². The number of benzene rings is 1. The van der Waals surface area contributed by atoms with E-state index in [0.29, 0.717) is 0 Å². The lowest BCUT2D eigenvalue weighted by atomic mass is 10.1. The number of nitrogens with one attached hydrogen (secondary N) is 2. The first kappa shape index (κ1) is 13.5. The molecule has 0 aliphatic rings. The van der Waals surface area contributed by atoms with Crippen molar-refractivity contribution in [2.45, 2.75) is 27.3 Å². The standard InChI is InChI=1S/C14H17N3OS/c1-9-4-5-12(6-14(9)17-10(2)18)16-8-13-7-15-11(3)19-13/h4-7,16H,8H2,1-3H3,(H,17,18). The summed E-state index contributed by atoms with van der Waals surface area (Å²) >= 11 is 1.68. The average molecular weight is 275 g/mol. The highest BCUT2D eigenvalue weighted by atomic mass is 32.1. The zero-order chi connectivity index (χ0) is 13.8. The minimum Gasteiger partial charge on any atom is -0.380 e. The molecule has 4 nitrogen and oxygen atoms in total. The molecule has 5 heteroatoms. The number of amides is 1. The third-order valence-electron chi connectivity index (χ3n) is 2.68. The molecule has 1 heterocycles. The van der Waals surface area contributed by atoms with Gasteiger partial charge < -0.3 is 10.6 Å². The summed E-state index contributed by atoms with van der Waals surface area (Å²) in [7, 11) is 0. The largest absolute Gasteiger partial charge is 0.380 e. The highest BCUT2D eigenvalue weighted by Crippen LogP contribution is 2.21. The number of rotatable bonds is 4. The third-order valence-corrected chi connectivity index (χ3v) is 3.60. The molecule has 0 saturated heterocycles. The molecule has 0 fully saturated rings. The maximum Gasteiger partial charge on any atom is 0.221 e. The number of nitrogens with zero attached hydrogens (tertiary/aromatic N) is 1. The van der Waals surface area contributed by atoms with E-state index < -0.39 is 0 Å². The van der Waals surface area contributed by atoms with E-state index in [4.69, 9.17) is 0 Å². The molecule has 0 radical (unpaired) electrons. The molecule has 0 aliphatic carbocycles. The first-order valence-corrected chi connectivity index (χ1v) is 6.89. The number of anilines is 2. The fraction of sp³-hybridized carbons (Fsp3) is 0.286. The van der Waals surface area contributed by atoms with E-state index in [9.17, 15) is 4.79 Å². The average Bonchev–Trinajstić information content (AvgIpc) is 2.75. The quantitative estimate of drug-likeness (QED) is 0.900. The van der Waals surface area contributed by atoms with Crippen molar-refractivity contribution in [3.63, 3.8) is 0 Å². The first-order valence-electron chi connectivity index (χ1n) is 6.08. The number of hydrogen-bond donors (Lipinski definition) is 2. The van der Waals surface area contributed by atoms with Gasteiger partial charge in [0.1, 0.15) is 0 Å². The maximum absolute atomic E-state index is 11.1. The van der Waals surface area contributed by atoms with Gasteiger partial charge in [0.25, 0.3) is 0 Å². The second-order valence-corrected chi connectivity index (χ2v) is 5.73. The Morgan fingerprint density at radius 1 is 1.37 bits per heavy atom. The highest BCUT2D eigenvalue weighted by Gasteiger charge is 2.03. The number of carbonyl (C=O) groups is 1. The van der Waals surface area contributed by atoms with Crippen LogP contribution >= 0.6 is 11.3 Å². The van der Waals surface area contributed by atoms with Crippen molar-refractivity contribution in [3.8, 4) is 0 Å². The summed E-state index contributed by atoms with van der Waals surface area (Å²) < 4.78 is 0. The molecule has 100 valence electrons. The van der Waals surface area contributed by atoms with Crippen molar-refractivity contribution in [3.05, 3.63) is 39.8 Å². The highest BCUT2D eigenvalue weighted by molar-refractivity contribution is 7.11. The van der Waals surface area contributed by atoms with Crippen LogP contribution in [-0.4, -0.2) is 10.9 Å². The zero-order valence-electron chi connectivity index (χ0n) is 11.3. The SMILES string of the molecule is CC(=O)Nc1cc(NCc2cnc(C)s2)ccc1C. The van der Waals surface area contributed by atoms with Crippen LogP contribution in [0.3, 0.4) is 0 Å². The number of hydrogen-bond acceptors (Lipinski definition) is 4. The van der Waals surface area contributed by atoms with Crippen LogP contribution in [0.4, 0.5) is 11.4 Å². The van der Waals surface area contributed by atoms with Gasteiger partial charge in [0.15, 0.2) is 0 Å². The van der Waals surface area contributed by atoms with Crippen LogP contribution in [0, 0.1) is 13.8 Å². The van der Waals surface area contributed by atoms with Gasteiger partial charge in [-0.3, -0.25) is 4.79 Å². The fourth-order valence-electron chi connectivity index (χ4n) is 1.73. The van der Waals surface area contributed by atoms with E-state index in [-0.39, 0.29) is 5.91 Å². The summed E-state index contributed by atoms with van der Waals surface area (Å²) in [5.41, 5.74) is 2.88. The Labute approximate surface area is 116 Å². The Hall–Kier alpha value is -1.88. The lowest BCUT2D eigenvalue weighted by molar-refractivity contribution is -0.114. The van der Waals surface area contributed by atoms with Crippen LogP contribution in [0.15, 0.2) is 24.4 Å². The van der Waals surface area contributed by atoms with Crippen molar-refractivity contribution in [1.29, 1.82) is 0 Å². The van der Waals surface area contributed by atoms with Crippen molar-refractivity contribution in [2.75, 3.05) is 10.6 Å². The zero-order valence-corrected chi connectivity index (χ0v) is 12.1. The Kier molecular flexibility index (Phi) is 4.16. The molecule has 1 aromatic carbocycles. The molecule has 2 rings (SSSR count). The van der Waals surface area contributed by atoms with Gasteiger partial charge >= 0.3 is 0 Å². The van der Waals surface area contributed by atoms with E-state index >= 15 is 0 Å². The summed E-state index contributed by atoms with van der Waals surface area (Å²) in [6.45, 7) is 6.23. The first-order chi connectivity index (χ1) is 9.04. The van der Waals surface area contributed by atoms with Gasteiger partial charge in [-0.2, -0.15) is 0 Å². The molecule has 0 bridgehead atoms. The Balaban J connectivity index is 2.06. The molecular weight excluding hydrogens is 258 g/mol. The topological polar surface area (TPSA) is 54.0 Å². The van der Waals surface area contributed by atoms with Crippen LogP contribution in [-0.2, 0) is 11.3 Å². The monoisotopic (exact) mass is 275 g/mol. The van der Waals surface area contributed by atoms with Crippen LogP contribution in [0.1, 0.15) is 22.4 Å². The van der Waals surface area contributed by atoms with Gasteiger partial charge in [0, 0.05) is 29.4 Å². The summed E-state index contributed by atoms with van der Waals surface area (Å²) in [6, 6.07) is 5.95. The Morgan fingerprint density at radius 3 is 2.79 bits per heavy atom. The van der Waals surface area contributed by atoms with E-state index in [1.807, 2.05) is 38.2 Å². The predicted octanol–water partition coefficient (Wildman–Crippen LogP) is 3.33. The second kappa shape index (κ2) is 5.84.